The Morgan fingerprint density at radius 1 is 1.40 bits per heavy atom. The van der Waals surface area contributed by atoms with Gasteiger partial charge in [0, 0.05) is 5.39 Å². The third-order valence-electron chi connectivity index (χ3n) is 3.29. The highest BCUT2D eigenvalue weighted by Gasteiger charge is 2.18. The average molecular weight is 351 g/mol. The summed E-state index contributed by atoms with van der Waals surface area (Å²) in [4.78, 5) is 29.3. The monoisotopic (exact) mass is 351 g/mol. The normalized spacial score (nSPS) is 11.0. The molecule has 0 atom stereocenters. The first-order chi connectivity index (χ1) is 12.0. The molecule has 10 heteroatoms. The first-order valence-electron chi connectivity index (χ1n) is 6.97. The molecule has 2 aromatic heterocycles. The number of rotatable bonds is 6. The number of para-hydroxylation sites is 1. The van der Waals surface area contributed by atoms with Crippen LogP contribution in [-0.2, 0) is 6.54 Å². The summed E-state index contributed by atoms with van der Waals surface area (Å²) in [6.45, 7) is -3.15. The molecule has 0 saturated carbocycles. The van der Waals surface area contributed by atoms with Crippen molar-refractivity contribution in [3.8, 4) is 5.75 Å². The molecule has 0 bridgehead atoms. The Morgan fingerprint density at radius 3 is 2.92 bits per heavy atom. The van der Waals surface area contributed by atoms with Gasteiger partial charge in [0.1, 0.15) is 0 Å². The fourth-order valence-electron chi connectivity index (χ4n) is 2.23. The SMILES string of the molecule is O=C(NCc1[nH]cnc1C(=O)O)c1cc2cccc(OC(F)F)c2o1. The van der Waals surface area contributed by atoms with Crippen LogP contribution in [0.2, 0.25) is 0 Å². The number of nitrogens with one attached hydrogen (secondary N) is 2. The number of halogens is 2. The standard InChI is InChI=1S/C15H11F2N3O5/c16-15(17)25-9-3-1-2-7-4-10(24-12(7)9)13(21)18-5-8-11(14(22)23)20-6-19-8/h1-4,6,15H,5H2,(H,18,21)(H,19,20)(H,22,23). The van der Waals surface area contributed by atoms with E-state index in [0.29, 0.717) is 5.39 Å². The van der Waals surface area contributed by atoms with Gasteiger partial charge in [0.2, 0.25) is 0 Å². The van der Waals surface area contributed by atoms with Gasteiger partial charge in [-0.05, 0) is 12.1 Å². The van der Waals surface area contributed by atoms with Gasteiger partial charge in [0.15, 0.2) is 22.8 Å². The number of imidazole rings is 1. The molecule has 0 radical (unpaired) electrons. The Bertz CT molecular complexity index is 934. The van der Waals surface area contributed by atoms with Crippen molar-refractivity contribution >= 4 is 22.8 Å². The van der Waals surface area contributed by atoms with Gasteiger partial charge in [-0.3, -0.25) is 4.79 Å². The summed E-state index contributed by atoms with van der Waals surface area (Å²) in [6.07, 6.45) is 1.19. The summed E-state index contributed by atoms with van der Waals surface area (Å²) >= 11 is 0. The number of H-pyrrole nitrogens is 1. The Morgan fingerprint density at radius 2 is 2.20 bits per heavy atom. The molecule has 1 aromatic carbocycles. The highest BCUT2D eigenvalue weighted by Crippen LogP contribution is 2.29. The van der Waals surface area contributed by atoms with E-state index in [9.17, 15) is 18.4 Å². The van der Waals surface area contributed by atoms with Crippen molar-refractivity contribution in [3.05, 3.63) is 47.7 Å². The van der Waals surface area contributed by atoms with Crippen molar-refractivity contribution in [2.45, 2.75) is 13.2 Å². The molecule has 8 nitrogen and oxygen atoms in total. The van der Waals surface area contributed by atoms with Crippen LogP contribution in [0.5, 0.6) is 5.75 Å². The number of benzene rings is 1. The van der Waals surface area contributed by atoms with Gasteiger partial charge >= 0.3 is 12.6 Å². The van der Waals surface area contributed by atoms with Gasteiger partial charge in [0.05, 0.1) is 18.6 Å². The molecule has 0 aliphatic carbocycles. The minimum absolute atomic E-state index is 0.0146. The zero-order chi connectivity index (χ0) is 18.0. The molecule has 3 rings (SSSR count). The number of amides is 1. The van der Waals surface area contributed by atoms with Crippen LogP contribution in [0.25, 0.3) is 11.0 Å². The van der Waals surface area contributed by atoms with E-state index in [1.54, 1.807) is 6.07 Å². The number of hydrogen-bond donors (Lipinski definition) is 3. The predicted octanol–water partition coefficient (Wildman–Crippen LogP) is 2.39. The van der Waals surface area contributed by atoms with Gasteiger partial charge in [0.25, 0.3) is 5.91 Å². The number of alkyl halides is 2. The van der Waals surface area contributed by atoms with E-state index in [2.05, 4.69) is 20.0 Å². The van der Waals surface area contributed by atoms with E-state index in [4.69, 9.17) is 9.52 Å². The maximum Gasteiger partial charge on any atom is 0.387 e. The number of carboxylic acid groups (broad SMARTS) is 1. The molecule has 0 fully saturated rings. The highest BCUT2D eigenvalue weighted by atomic mass is 19.3. The van der Waals surface area contributed by atoms with Crippen LogP contribution in [-0.4, -0.2) is 33.6 Å². The molecule has 0 aliphatic rings. The number of carboxylic acids is 1. The lowest BCUT2D eigenvalue weighted by Gasteiger charge is -2.04. The summed E-state index contributed by atoms with van der Waals surface area (Å²) in [5.74, 6) is -2.20. The molecule has 25 heavy (non-hydrogen) atoms. The summed E-state index contributed by atoms with van der Waals surface area (Å²) in [7, 11) is 0. The summed E-state index contributed by atoms with van der Waals surface area (Å²) in [6, 6.07) is 5.73. The van der Waals surface area contributed by atoms with Crippen LogP contribution >= 0.6 is 0 Å². The minimum atomic E-state index is -3.03. The van der Waals surface area contributed by atoms with Crippen molar-refractivity contribution in [2.24, 2.45) is 0 Å². The van der Waals surface area contributed by atoms with Crippen LogP contribution in [0.15, 0.2) is 35.0 Å². The lowest BCUT2D eigenvalue weighted by atomic mass is 10.2. The Hall–Kier alpha value is -3.43. The molecule has 0 unspecified atom stereocenters. The van der Waals surface area contributed by atoms with Gasteiger partial charge in [-0.2, -0.15) is 8.78 Å². The third kappa shape index (κ3) is 3.42. The number of aromatic amines is 1. The largest absolute Gasteiger partial charge is 0.476 e. The number of nitrogens with zero attached hydrogens (tertiary/aromatic N) is 1. The first kappa shape index (κ1) is 16.4. The molecule has 0 aliphatic heterocycles. The van der Waals surface area contributed by atoms with E-state index < -0.39 is 18.5 Å². The number of ether oxygens (including phenoxy) is 1. The molecular formula is C15H11F2N3O5. The second-order valence-electron chi connectivity index (χ2n) is 4.88. The fourth-order valence-corrected chi connectivity index (χ4v) is 2.23. The number of furan rings is 1. The van der Waals surface area contributed by atoms with E-state index in [0.717, 1.165) is 0 Å². The highest BCUT2D eigenvalue weighted by molar-refractivity contribution is 5.97. The third-order valence-corrected chi connectivity index (χ3v) is 3.29. The molecule has 1 amide bonds. The Kier molecular flexibility index (Phi) is 4.33. The molecular weight excluding hydrogens is 340 g/mol. The average Bonchev–Trinajstić information content (AvgIpc) is 3.19. The van der Waals surface area contributed by atoms with Crippen LogP contribution in [0, 0.1) is 0 Å². The molecule has 2 heterocycles. The van der Waals surface area contributed by atoms with Crippen LogP contribution in [0.1, 0.15) is 26.7 Å². The number of hydrogen-bond acceptors (Lipinski definition) is 5. The fraction of sp³-hybridized carbons (Fsp3) is 0.133. The van der Waals surface area contributed by atoms with Crippen molar-refractivity contribution in [2.75, 3.05) is 0 Å². The van der Waals surface area contributed by atoms with Gasteiger partial charge < -0.3 is 24.6 Å². The van der Waals surface area contributed by atoms with E-state index in [1.165, 1.54) is 24.5 Å². The second kappa shape index (κ2) is 6.59. The van der Waals surface area contributed by atoms with E-state index >= 15 is 0 Å². The zero-order valence-corrected chi connectivity index (χ0v) is 12.5. The molecule has 0 saturated heterocycles. The van der Waals surface area contributed by atoms with Gasteiger partial charge in [-0.25, -0.2) is 9.78 Å². The summed E-state index contributed by atoms with van der Waals surface area (Å²) < 4.78 is 34.4. The Balaban J connectivity index is 1.78. The molecule has 0 spiro atoms. The summed E-state index contributed by atoms with van der Waals surface area (Å²) in [5, 5.41) is 11.8. The van der Waals surface area contributed by atoms with Crippen molar-refractivity contribution in [3.63, 3.8) is 0 Å². The Labute approximate surface area is 138 Å². The number of fused-ring (bicyclic) bond motifs is 1. The van der Waals surface area contributed by atoms with E-state index in [-0.39, 0.29) is 35.0 Å². The number of carbonyl (C=O) groups excluding carboxylic acids is 1. The summed E-state index contributed by atoms with van der Waals surface area (Å²) in [5.41, 5.74) is 0.0110. The second-order valence-corrected chi connectivity index (χ2v) is 4.88. The lowest BCUT2D eigenvalue weighted by molar-refractivity contribution is -0.0494. The smallest absolute Gasteiger partial charge is 0.387 e. The van der Waals surface area contributed by atoms with Crippen molar-refractivity contribution < 1.29 is 32.6 Å². The first-order valence-corrected chi connectivity index (χ1v) is 6.97. The van der Waals surface area contributed by atoms with Crippen LogP contribution < -0.4 is 10.1 Å². The van der Waals surface area contributed by atoms with Crippen molar-refractivity contribution in [1.82, 2.24) is 15.3 Å². The quantitative estimate of drug-likeness (QED) is 0.628. The number of carbonyl (C=O) groups is 2. The maximum absolute atomic E-state index is 12.4. The van der Waals surface area contributed by atoms with Crippen LogP contribution in [0.3, 0.4) is 0 Å². The molecule has 3 aromatic rings. The van der Waals surface area contributed by atoms with E-state index in [1.807, 2.05) is 0 Å². The molecule has 3 N–H and O–H groups in total. The van der Waals surface area contributed by atoms with Crippen molar-refractivity contribution in [1.29, 1.82) is 0 Å². The zero-order valence-electron chi connectivity index (χ0n) is 12.5. The minimum Gasteiger partial charge on any atom is -0.476 e. The maximum atomic E-state index is 12.4. The van der Waals surface area contributed by atoms with Gasteiger partial charge in [-0.1, -0.05) is 12.1 Å². The lowest BCUT2D eigenvalue weighted by Crippen LogP contribution is -2.23. The van der Waals surface area contributed by atoms with Crippen LogP contribution in [0.4, 0.5) is 8.78 Å². The number of aromatic nitrogens is 2. The predicted molar refractivity (Wildman–Crippen MR) is 79.6 cm³/mol. The van der Waals surface area contributed by atoms with Gasteiger partial charge in [-0.15, -0.1) is 0 Å². The molecule has 130 valence electrons. The number of aromatic carboxylic acids is 1. The topological polar surface area (TPSA) is 117 Å².